The smallest absolute Gasteiger partial charge is 0.317 e. The van der Waals surface area contributed by atoms with Crippen LogP contribution in [0.15, 0.2) is 54.6 Å². The molecule has 3 atom stereocenters. The van der Waals surface area contributed by atoms with Gasteiger partial charge in [0.2, 0.25) is 0 Å². The number of amides is 2. The van der Waals surface area contributed by atoms with Crippen LogP contribution in [-0.2, 0) is 5.75 Å². The molecular formula is C19H22N2O3S. The number of nitrogens with one attached hydrogen (secondary N) is 2. The van der Waals surface area contributed by atoms with E-state index in [1.165, 1.54) is 0 Å². The van der Waals surface area contributed by atoms with Crippen LogP contribution in [-0.4, -0.2) is 29.2 Å². The monoisotopic (exact) mass is 358 g/mol. The maximum atomic E-state index is 11.9. The number of rotatable bonds is 5. The molecule has 1 aliphatic rings. The van der Waals surface area contributed by atoms with Gasteiger partial charge in [-0.05, 0) is 30.2 Å². The number of hydrogen-bond acceptors (Lipinski definition) is 4. The van der Waals surface area contributed by atoms with Gasteiger partial charge >= 0.3 is 6.03 Å². The Morgan fingerprint density at radius 2 is 1.84 bits per heavy atom. The van der Waals surface area contributed by atoms with E-state index >= 15 is 0 Å². The van der Waals surface area contributed by atoms with E-state index in [0.29, 0.717) is 5.75 Å². The number of ether oxygens (including phenoxy) is 1. The van der Waals surface area contributed by atoms with Crippen molar-refractivity contribution in [3.63, 3.8) is 0 Å². The Labute approximate surface area is 151 Å². The minimum Gasteiger partial charge on any atom is -0.497 e. The molecule has 1 fully saturated rings. The number of methoxy groups -OCH3 is 1. The Bertz CT molecular complexity index is 719. The Balaban J connectivity index is 1.79. The van der Waals surface area contributed by atoms with Crippen molar-refractivity contribution in [1.29, 1.82) is 0 Å². The zero-order valence-corrected chi connectivity index (χ0v) is 15.0. The third kappa shape index (κ3) is 4.08. The highest BCUT2D eigenvalue weighted by Crippen LogP contribution is 2.37. The van der Waals surface area contributed by atoms with Crippen LogP contribution in [0.1, 0.15) is 24.1 Å². The predicted molar refractivity (Wildman–Crippen MR) is 99.6 cm³/mol. The van der Waals surface area contributed by atoms with E-state index in [9.17, 15) is 9.90 Å². The Morgan fingerprint density at radius 1 is 1.16 bits per heavy atom. The summed E-state index contributed by atoms with van der Waals surface area (Å²) in [6.07, 6.45) is 0. The molecule has 3 N–H and O–H groups in total. The fourth-order valence-electron chi connectivity index (χ4n) is 2.96. The molecule has 2 amide bonds. The van der Waals surface area contributed by atoms with Gasteiger partial charge in [0.25, 0.3) is 0 Å². The molecule has 3 rings (SSSR count). The number of benzene rings is 2. The summed E-state index contributed by atoms with van der Waals surface area (Å²) in [6.45, 7) is 1.65. The first-order chi connectivity index (χ1) is 12.0. The molecule has 2 aromatic carbocycles. The highest BCUT2D eigenvalue weighted by atomic mass is 32.2. The number of aliphatic hydroxyl groups is 1. The van der Waals surface area contributed by atoms with Crippen molar-refractivity contribution in [2.24, 2.45) is 0 Å². The van der Waals surface area contributed by atoms with Gasteiger partial charge in [0.15, 0.2) is 0 Å². The minimum atomic E-state index is -1.31. The lowest BCUT2D eigenvalue weighted by atomic mass is 9.95. The Hall–Kier alpha value is -2.18. The molecule has 1 aliphatic heterocycles. The maximum Gasteiger partial charge on any atom is 0.317 e. The van der Waals surface area contributed by atoms with Crippen molar-refractivity contribution in [2.75, 3.05) is 7.11 Å². The Kier molecular flexibility index (Phi) is 5.20. The summed E-state index contributed by atoms with van der Waals surface area (Å²) >= 11 is 1.61. The average molecular weight is 358 g/mol. The second kappa shape index (κ2) is 7.37. The summed E-state index contributed by atoms with van der Waals surface area (Å²) in [6, 6.07) is 17.0. The first-order valence-corrected chi connectivity index (χ1v) is 9.15. The lowest BCUT2D eigenvalue weighted by molar-refractivity contribution is 0.0116. The largest absolute Gasteiger partial charge is 0.497 e. The van der Waals surface area contributed by atoms with Crippen molar-refractivity contribution in [3.05, 3.63) is 65.7 Å². The number of hydrogen-bond donors (Lipinski definition) is 3. The quantitative estimate of drug-likeness (QED) is 0.768. The third-order valence-corrected chi connectivity index (χ3v) is 5.85. The number of urea groups is 1. The summed E-state index contributed by atoms with van der Waals surface area (Å²) in [4.78, 5) is 11.9. The highest BCUT2D eigenvalue weighted by molar-refractivity contribution is 7.99. The van der Waals surface area contributed by atoms with Crippen LogP contribution in [0.3, 0.4) is 0 Å². The molecule has 0 spiro atoms. The zero-order valence-electron chi connectivity index (χ0n) is 14.2. The van der Waals surface area contributed by atoms with E-state index in [0.717, 1.165) is 16.9 Å². The molecule has 1 saturated heterocycles. The van der Waals surface area contributed by atoms with E-state index in [2.05, 4.69) is 10.6 Å². The number of carbonyl (C=O) groups excluding carboxylic acids is 1. The first-order valence-electron chi connectivity index (χ1n) is 8.10. The molecule has 5 nitrogen and oxygen atoms in total. The molecular weight excluding hydrogens is 336 g/mol. The van der Waals surface area contributed by atoms with Gasteiger partial charge in [-0.2, -0.15) is 0 Å². The molecule has 0 aromatic heterocycles. The molecule has 0 unspecified atom stereocenters. The Morgan fingerprint density at radius 3 is 2.48 bits per heavy atom. The van der Waals surface area contributed by atoms with Crippen molar-refractivity contribution < 1.29 is 14.6 Å². The minimum absolute atomic E-state index is 0.241. The lowest BCUT2D eigenvalue weighted by Gasteiger charge is -2.43. The summed E-state index contributed by atoms with van der Waals surface area (Å²) in [5.41, 5.74) is 0.801. The average Bonchev–Trinajstić information content (AvgIpc) is 2.61. The van der Waals surface area contributed by atoms with Crippen LogP contribution in [0.2, 0.25) is 0 Å². The molecule has 0 saturated carbocycles. The van der Waals surface area contributed by atoms with E-state index in [1.54, 1.807) is 25.8 Å². The van der Waals surface area contributed by atoms with Gasteiger partial charge in [-0.1, -0.05) is 42.5 Å². The topological polar surface area (TPSA) is 70.6 Å². The van der Waals surface area contributed by atoms with Crippen molar-refractivity contribution >= 4 is 17.8 Å². The molecule has 132 valence electrons. The summed E-state index contributed by atoms with van der Waals surface area (Å²) in [5.74, 6) is 1.53. The maximum absolute atomic E-state index is 11.9. The van der Waals surface area contributed by atoms with Gasteiger partial charge in [-0.15, -0.1) is 11.8 Å². The van der Waals surface area contributed by atoms with E-state index < -0.39 is 5.72 Å². The second-order valence-corrected chi connectivity index (χ2v) is 7.34. The standard InChI is InChI=1S/C19H22N2O3S/c1-19(23)17(25-12-13-8-10-15(24-2)11-9-13)16(20-18(22)21-19)14-6-4-3-5-7-14/h3-11,16-17,23H,12H2,1-2H3,(H2,20,21,22)/t16-,17-,19-/m1/s1. The summed E-state index contributed by atoms with van der Waals surface area (Å²) < 4.78 is 5.18. The molecule has 0 bridgehead atoms. The van der Waals surface area contributed by atoms with Gasteiger partial charge in [-0.3, -0.25) is 0 Å². The van der Waals surface area contributed by atoms with Gasteiger partial charge < -0.3 is 20.5 Å². The number of carbonyl (C=O) groups is 1. The fourth-order valence-corrected chi connectivity index (χ4v) is 4.33. The number of thioether (sulfide) groups is 1. The molecule has 0 aliphatic carbocycles. The lowest BCUT2D eigenvalue weighted by Crippen LogP contribution is -2.65. The summed E-state index contributed by atoms with van der Waals surface area (Å²) in [5, 5.41) is 16.1. The van der Waals surface area contributed by atoms with Crippen LogP contribution in [0.5, 0.6) is 5.75 Å². The molecule has 6 heteroatoms. The molecule has 0 radical (unpaired) electrons. The molecule has 25 heavy (non-hydrogen) atoms. The normalized spacial score (nSPS) is 25.8. The molecule has 1 heterocycles. The van der Waals surface area contributed by atoms with Gasteiger partial charge in [0.05, 0.1) is 18.4 Å². The van der Waals surface area contributed by atoms with Crippen LogP contribution in [0.4, 0.5) is 4.79 Å². The van der Waals surface area contributed by atoms with Crippen LogP contribution in [0, 0.1) is 0 Å². The highest BCUT2D eigenvalue weighted by Gasteiger charge is 2.44. The molecule has 2 aromatic rings. The van der Waals surface area contributed by atoms with E-state index in [1.807, 2.05) is 54.6 Å². The fraction of sp³-hybridized carbons (Fsp3) is 0.316. The first kappa shape index (κ1) is 17.6. The van der Waals surface area contributed by atoms with Gasteiger partial charge in [0, 0.05) is 5.75 Å². The van der Waals surface area contributed by atoms with Crippen LogP contribution < -0.4 is 15.4 Å². The van der Waals surface area contributed by atoms with Gasteiger partial charge in [0.1, 0.15) is 11.5 Å². The van der Waals surface area contributed by atoms with Crippen LogP contribution in [0.25, 0.3) is 0 Å². The predicted octanol–water partition coefficient (Wildman–Crippen LogP) is 3.06. The van der Waals surface area contributed by atoms with E-state index in [4.69, 9.17) is 4.74 Å². The van der Waals surface area contributed by atoms with Crippen molar-refractivity contribution in [2.45, 2.75) is 29.7 Å². The SMILES string of the molecule is COc1ccc(CS[C@@H]2[C@@H](c3ccccc3)NC(=O)N[C@]2(C)O)cc1. The van der Waals surface area contributed by atoms with Crippen molar-refractivity contribution in [3.8, 4) is 5.75 Å². The third-order valence-electron chi connectivity index (χ3n) is 4.26. The summed E-state index contributed by atoms with van der Waals surface area (Å²) in [7, 11) is 1.64. The zero-order chi connectivity index (χ0) is 17.9. The second-order valence-electron chi connectivity index (χ2n) is 6.21. The van der Waals surface area contributed by atoms with E-state index in [-0.39, 0.29) is 17.3 Å². The van der Waals surface area contributed by atoms with Gasteiger partial charge in [-0.25, -0.2) is 4.79 Å². The van der Waals surface area contributed by atoms with Crippen molar-refractivity contribution in [1.82, 2.24) is 10.6 Å². The van der Waals surface area contributed by atoms with Crippen LogP contribution >= 0.6 is 11.8 Å².